The summed E-state index contributed by atoms with van der Waals surface area (Å²) in [6.45, 7) is 0. The summed E-state index contributed by atoms with van der Waals surface area (Å²) < 4.78 is 0. The molecule has 24 heavy (non-hydrogen) atoms. The Morgan fingerprint density at radius 2 is 2.00 bits per heavy atom. The van der Waals surface area contributed by atoms with Crippen molar-refractivity contribution in [3.63, 3.8) is 0 Å². The molecule has 1 aliphatic carbocycles. The van der Waals surface area contributed by atoms with E-state index in [0.29, 0.717) is 17.4 Å². The molecule has 2 heterocycles. The van der Waals surface area contributed by atoms with E-state index in [4.69, 9.17) is 0 Å². The number of rotatable bonds is 3. The van der Waals surface area contributed by atoms with Gasteiger partial charge in [0.25, 0.3) is 0 Å². The van der Waals surface area contributed by atoms with Crippen molar-refractivity contribution < 1.29 is 9.90 Å². The summed E-state index contributed by atoms with van der Waals surface area (Å²) >= 11 is 0. The normalized spacial score (nSPS) is 23.5. The molecule has 4 nitrogen and oxygen atoms in total. The maximum absolute atomic E-state index is 11.4. The number of pyridine rings is 1. The molecule has 0 bridgehead atoms. The van der Waals surface area contributed by atoms with Crippen molar-refractivity contribution in [2.24, 2.45) is 5.92 Å². The van der Waals surface area contributed by atoms with E-state index in [1.165, 1.54) is 31.2 Å². The van der Waals surface area contributed by atoms with E-state index in [-0.39, 0.29) is 6.04 Å². The van der Waals surface area contributed by atoms with Crippen molar-refractivity contribution in [1.82, 2.24) is 4.98 Å². The van der Waals surface area contributed by atoms with Crippen molar-refractivity contribution in [2.75, 3.05) is 11.9 Å². The van der Waals surface area contributed by atoms with Gasteiger partial charge >= 0.3 is 5.97 Å². The van der Waals surface area contributed by atoms with Gasteiger partial charge in [-0.15, -0.1) is 0 Å². The third-order valence-corrected chi connectivity index (χ3v) is 5.67. The first-order chi connectivity index (χ1) is 11.7. The minimum atomic E-state index is -0.870. The minimum absolute atomic E-state index is 0.188. The smallest absolute Gasteiger partial charge is 0.335 e. The summed E-state index contributed by atoms with van der Waals surface area (Å²) in [5, 5.41) is 9.33. The number of hydrogen-bond acceptors (Lipinski definition) is 3. The average molecular weight is 322 g/mol. The number of aromatic carboxylic acids is 1. The number of likely N-dealkylation sites (N-methyl/N-ethyl adjacent to an activating group) is 1. The first kappa shape index (κ1) is 15.2. The molecule has 0 saturated heterocycles. The summed E-state index contributed by atoms with van der Waals surface area (Å²) in [7, 11) is 2.07. The van der Waals surface area contributed by atoms with Gasteiger partial charge in [0.2, 0.25) is 0 Å². The van der Waals surface area contributed by atoms with Gasteiger partial charge in [0.1, 0.15) is 0 Å². The van der Waals surface area contributed by atoms with Gasteiger partial charge in [0.15, 0.2) is 0 Å². The topological polar surface area (TPSA) is 53.4 Å². The third kappa shape index (κ3) is 2.37. The van der Waals surface area contributed by atoms with Gasteiger partial charge in [-0.25, -0.2) is 4.79 Å². The predicted octanol–water partition coefficient (Wildman–Crippen LogP) is 4.24. The molecule has 4 heteroatoms. The highest BCUT2D eigenvalue weighted by molar-refractivity contribution is 5.89. The maximum atomic E-state index is 11.4. The van der Waals surface area contributed by atoms with Crippen LogP contribution in [0.3, 0.4) is 0 Å². The third-order valence-electron chi connectivity index (χ3n) is 5.67. The molecule has 124 valence electrons. The Morgan fingerprint density at radius 3 is 2.67 bits per heavy atom. The lowest BCUT2D eigenvalue weighted by atomic mass is 9.80. The predicted molar refractivity (Wildman–Crippen MR) is 93.5 cm³/mol. The average Bonchev–Trinajstić information content (AvgIpc) is 3.22. The standard InChI is InChI=1S/C20H22N2O2/c1-22-17-12-14(20(23)24)9-10-15(17)18(13-6-2-3-7-13)19(22)16-8-4-5-11-21-16/h4-5,8-13,18-19H,2-3,6-7H2,1H3,(H,23,24). The summed E-state index contributed by atoms with van der Waals surface area (Å²) in [6, 6.07) is 11.9. The summed E-state index contributed by atoms with van der Waals surface area (Å²) in [4.78, 5) is 18.2. The van der Waals surface area contributed by atoms with Gasteiger partial charge < -0.3 is 10.0 Å². The Hall–Kier alpha value is -2.36. The summed E-state index contributed by atoms with van der Waals surface area (Å²) in [5.41, 5.74) is 3.75. The molecule has 2 atom stereocenters. The molecule has 1 N–H and O–H groups in total. The lowest BCUT2D eigenvalue weighted by Gasteiger charge is -2.30. The van der Waals surface area contributed by atoms with Crippen LogP contribution in [-0.4, -0.2) is 23.1 Å². The first-order valence-electron chi connectivity index (χ1n) is 8.68. The highest BCUT2D eigenvalue weighted by atomic mass is 16.4. The van der Waals surface area contributed by atoms with Gasteiger partial charge in [0.05, 0.1) is 17.3 Å². The molecule has 1 saturated carbocycles. The van der Waals surface area contributed by atoms with Crippen molar-refractivity contribution in [3.8, 4) is 0 Å². The zero-order valence-electron chi connectivity index (χ0n) is 13.9. The van der Waals surface area contributed by atoms with Gasteiger partial charge in [-0.2, -0.15) is 0 Å². The molecule has 0 radical (unpaired) electrons. The van der Waals surface area contributed by atoms with Crippen LogP contribution in [0.4, 0.5) is 5.69 Å². The second-order valence-corrected chi connectivity index (χ2v) is 6.96. The highest BCUT2D eigenvalue weighted by Gasteiger charge is 2.43. The molecule has 1 aromatic heterocycles. The van der Waals surface area contributed by atoms with Crippen LogP contribution in [0.15, 0.2) is 42.6 Å². The van der Waals surface area contributed by atoms with Crippen LogP contribution in [0.2, 0.25) is 0 Å². The highest BCUT2D eigenvalue weighted by Crippen LogP contribution is 2.54. The Morgan fingerprint density at radius 1 is 1.21 bits per heavy atom. The van der Waals surface area contributed by atoms with E-state index in [1.807, 2.05) is 30.5 Å². The zero-order chi connectivity index (χ0) is 16.7. The molecule has 0 spiro atoms. The van der Waals surface area contributed by atoms with Gasteiger partial charge in [-0.05, 0) is 48.6 Å². The van der Waals surface area contributed by atoms with Crippen molar-refractivity contribution in [2.45, 2.75) is 37.6 Å². The van der Waals surface area contributed by atoms with Crippen LogP contribution < -0.4 is 4.90 Å². The van der Waals surface area contributed by atoms with E-state index < -0.39 is 5.97 Å². The molecule has 1 aliphatic heterocycles. The molecule has 4 rings (SSSR count). The molecule has 2 aromatic rings. The van der Waals surface area contributed by atoms with Crippen molar-refractivity contribution in [1.29, 1.82) is 0 Å². The number of carbonyl (C=O) groups is 1. The Labute approximate surface area is 142 Å². The fourth-order valence-corrected chi connectivity index (χ4v) is 4.59. The lowest BCUT2D eigenvalue weighted by molar-refractivity contribution is 0.0697. The molecular formula is C20H22N2O2. The van der Waals surface area contributed by atoms with Crippen LogP contribution in [-0.2, 0) is 0 Å². The van der Waals surface area contributed by atoms with E-state index in [1.54, 1.807) is 6.07 Å². The fraction of sp³-hybridized carbons (Fsp3) is 0.400. The number of hydrogen-bond donors (Lipinski definition) is 1. The van der Waals surface area contributed by atoms with Crippen LogP contribution >= 0.6 is 0 Å². The number of benzene rings is 1. The summed E-state index contributed by atoms with van der Waals surface area (Å²) in [6.07, 6.45) is 6.94. The monoisotopic (exact) mass is 322 g/mol. The van der Waals surface area contributed by atoms with Gasteiger partial charge in [-0.1, -0.05) is 25.0 Å². The molecule has 1 aromatic carbocycles. The first-order valence-corrected chi connectivity index (χ1v) is 8.68. The largest absolute Gasteiger partial charge is 0.478 e. The van der Waals surface area contributed by atoms with Gasteiger partial charge in [0, 0.05) is 24.8 Å². The molecule has 0 amide bonds. The van der Waals surface area contributed by atoms with Crippen LogP contribution in [0.1, 0.15) is 59.3 Å². The second-order valence-electron chi connectivity index (χ2n) is 6.96. The second kappa shape index (κ2) is 5.93. The Bertz CT molecular complexity index is 753. The number of carboxylic acids is 1. The summed E-state index contributed by atoms with van der Waals surface area (Å²) in [5.74, 6) is 0.173. The molecule has 2 unspecified atom stereocenters. The molecule has 2 aliphatic rings. The SMILES string of the molecule is CN1c2cc(C(=O)O)ccc2C(C2CCCC2)C1c1ccccn1. The van der Waals surface area contributed by atoms with Gasteiger partial charge in [-0.3, -0.25) is 4.98 Å². The molecular weight excluding hydrogens is 300 g/mol. The lowest BCUT2D eigenvalue weighted by Crippen LogP contribution is -2.26. The van der Waals surface area contributed by atoms with Crippen molar-refractivity contribution in [3.05, 3.63) is 59.4 Å². The fourth-order valence-electron chi connectivity index (χ4n) is 4.59. The number of anilines is 1. The van der Waals surface area contributed by atoms with Crippen LogP contribution in [0.5, 0.6) is 0 Å². The van der Waals surface area contributed by atoms with E-state index in [0.717, 1.165) is 11.4 Å². The van der Waals surface area contributed by atoms with Crippen LogP contribution in [0.25, 0.3) is 0 Å². The van der Waals surface area contributed by atoms with Crippen molar-refractivity contribution >= 4 is 11.7 Å². The quantitative estimate of drug-likeness (QED) is 0.918. The van der Waals surface area contributed by atoms with E-state index in [9.17, 15) is 9.90 Å². The van der Waals surface area contributed by atoms with E-state index >= 15 is 0 Å². The molecule has 1 fully saturated rings. The Balaban J connectivity index is 1.82. The maximum Gasteiger partial charge on any atom is 0.335 e. The van der Waals surface area contributed by atoms with E-state index in [2.05, 4.69) is 23.0 Å². The zero-order valence-corrected chi connectivity index (χ0v) is 13.9. The minimum Gasteiger partial charge on any atom is -0.478 e. The number of carboxylic acid groups (broad SMARTS) is 1. The number of nitrogens with zero attached hydrogens (tertiary/aromatic N) is 2. The number of aromatic nitrogens is 1. The Kier molecular flexibility index (Phi) is 3.75. The number of fused-ring (bicyclic) bond motifs is 1. The van der Waals surface area contributed by atoms with Crippen LogP contribution in [0, 0.1) is 5.92 Å².